The Labute approximate surface area is 130 Å². The van der Waals surface area contributed by atoms with E-state index in [1.165, 1.54) is 32.1 Å². The van der Waals surface area contributed by atoms with Crippen LogP contribution in [0.2, 0.25) is 0 Å². The molecule has 3 fully saturated rings. The van der Waals surface area contributed by atoms with Gasteiger partial charge in [-0.1, -0.05) is 19.3 Å². The summed E-state index contributed by atoms with van der Waals surface area (Å²) in [6, 6.07) is 0.605. The monoisotopic (exact) mass is 295 g/mol. The van der Waals surface area contributed by atoms with Crippen LogP contribution in [0.15, 0.2) is 0 Å². The zero-order valence-corrected chi connectivity index (χ0v) is 13.9. The largest absolute Gasteiger partial charge is 0.389 e. The van der Waals surface area contributed by atoms with Crippen LogP contribution in [-0.4, -0.2) is 46.9 Å². The smallest absolute Gasteiger partial charge is 0.0702 e. The van der Waals surface area contributed by atoms with E-state index in [0.29, 0.717) is 12.0 Å². The lowest BCUT2D eigenvalue weighted by atomic mass is 9.68. The quantitative estimate of drug-likeness (QED) is 0.848. The fraction of sp³-hybridized carbons (Fsp3) is 1.00. The molecule has 2 aliphatic heterocycles. The minimum atomic E-state index is -0.431. The Kier molecular flexibility index (Phi) is 4.63. The van der Waals surface area contributed by atoms with Crippen LogP contribution < -0.4 is 0 Å². The van der Waals surface area contributed by atoms with Crippen molar-refractivity contribution in [2.45, 2.75) is 88.9 Å². The highest BCUT2D eigenvalue weighted by Gasteiger charge is 2.47. The van der Waals surface area contributed by atoms with Crippen LogP contribution in [0.25, 0.3) is 0 Å². The van der Waals surface area contributed by atoms with Gasteiger partial charge in [0, 0.05) is 25.7 Å². The summed E-state index contributed by atoms with van der Waals surface area (Å²) < 4.78 is 6.21. The van der Waals surface area contributed by atoms with Crippen molar-refractivity contribution in [3.8, 4) is 0 Å². The van der Waals surface area contributed by atoms with Gasteiger partial charge >= 0.3 is 0 Å². The van der Waals surface area contributed by atoms with Gasteiger partial charge in [-0.2, -0.15) is 0 Å². The Morgan fingerprint density at radius 3 is 2.33 bits per heavy atom. The second-order valence-corrected chi connectivity index (χ2v) is 8.02. The standard InChI is InChI=1S/C18H33NO2/c1-15(2)19-11-9-18(20,10-12-19)16-6-13-21-17(14-16)7-4-3-5-8-17/h15-16,20H,3-14H2,1-2H3. The average Bonchev–Trinajstić information content (AvgIpc) is 2.48. The van der Waals surface area contributed by atoms with Crippen molar-refractivity contribution in [1.82, 2.24) is 4.90 Å². The first-order chi connectivity index (χ1) is 10.0. The van der Waals surface area contributed by atoms with Crippen molar-refractivity contribution in [2.24, 2.45) is 5.92 Å². The predicted molar refractivity (Wildman–Crippen MR) is 85.4 cm³/mol. The van der Waals surface area contributed by atoms with E-state index in [0.717, 1.165) is 45.4 Å². The van der Waals surface area contributed by atoms with E-state index in [1.807, 2.05) is 0 Å². The van der Waals surface area contributed by atoms with Crippen LogP contribution in [0.3, 0.4) is 0 Å². The van der Waals surface area contributed by atoms with Crippen molar-refractivity contribution in [3.05, 3.63) is 0 Å². The summed E-state index contributed by atoms with van der Waals surface area (Å²) in [5.74, 6) is 0.457. The molecule has 1 aliphatic carbocycles. The lowest BCUT2D eigenvalue weighted by Gasteiger charge is -2.50. The van der Waals surface area contributed by atoms with Crippen molar-refractivity contribution in [1.29, 1.82) is 0 Å². The summed E-state index contributed by atoms with van der Waals surface area (Å²) in [6.07, 6.45) is 10.5. The lowest BCUT2D eigenvalue weighted by molar-refractivity contribution is -0.167. The normalized spacial score (nSPS) is 33.4. The molecule has 1 atom stereocenters. The van der Waals surface area contributed by atoms with Gasteiger partial charge in [0.2, 0.25) is 0 Å². The fourth-order valence-corrected chi connectivity index (χ4v) is 4.87. The zero-order chi connectivity index (χ0) is 14.9. The number of hydrogen-bond donors (Lipinski definition) is 1. The molecule has 0 bridgehead atoms. The molecule has 1 unspecified atom stereocenters. The van der Waals surface area contributed by atoms with Crippen molar-refractivity contribution >= 4 is 0 Å². The third-order valence-electron chi connectivity index (χ3n) is 6.41. The molecule has 0 radical (unpaired) electrons. The van der Waals surface area contributed by atoms with E-state index in [4.69, 9.17) is 4.74 Å². The van der Waals surface area contributed by atoms with Crippen LogP contribution in [0, 0.1) is 5.92 Å². The Balaban J connectivity index is 1.63. The van der Waals surface area contributed by atoms with Crippen LogP contribution in [-0.2, 0) is 4.74 Å². The summed E-state index contributed by atoms with van der Waals surface area (Å²) in [4.78, 5) is 2.50. The maximum absolute atomic E-state index is 11.2. The van der Waals surface area contributed by atoms with Gasteiger partial charge in [-0.15, -0.1) is 0 Å². The van der Waals surface area contributed by atoms with Crippen molar-refractivity contribution in [3.63, 3.8) is 0 Å². The molecule has 0 aromatic rings. The van der Waals surface area contributed by atoms with Crippen molar-refractivity contribution in [2.75, 3.05) is 19.7 Å². The summed E-state index contributed by atoms with van der Waals surface area (Å²) in [6.45, 7) is 7.49. The van der Waals surface area contributed by atoms with E-state index in [1.54, 1.807) is 0 Å². The van der Waals surface area contributed by atoms with E-state index < -0.39 is 5.60 Å². The second kappa shape index (κ2) is 6.17. The summed E-state index contributed by atoms with van der Waals surface area (Å²) in [5, 5.41) is 11.2. The summed E-state index contributed by atoms with van der Waals surface area (Å²) in [5.41, 5.74) is -0.314. The number of likely N-dealkylation sites (tertiary alicyclic amines) is 1. The maximum Gasteiger partial charge on any atom is 0.0702 e. The first kappa shape index (κ1) is 15.8. The molecule has 0 aromatic heterocycles. The number of nitrogens with zero attached hydrogens (tertiary/aromatic N) is 1. The van der Waals surface area contributed by atoms with Gasteiger partial charge in [0.05, 0.1) is 11.2 Å². The first-order valence-corrected chi connectivity index (χ1v) is 9.13. The molecule has 2 saturated heterocycles. The third kappa shape index (κ3) is 3.30. The topological polar surface area (TPSA) is 32.7 Å². The zero-order valence-electron chi connectivity index (χ0n) is 13.9. The molecule has 3 nitrogen and oxygen atoms in total. The van der Waals surface area contributed by atoms with Gasteiger partial charge < -0.3 is 14.7 Å². The highest BCUT2D eigenvalue weighted by Crippen LogP contribution is 2.46. The summed E-state index contributed by atoms with van der Waals surface area (Å²) >= 11 is 0. The Morgan fingerprint density at radius 2 is 1.71 bits per heavy atom. The number of aliphatic hydroxyl groups is 1. The van der Waals surface area contributed by atoms with Gasteiger partial charge in [-0.05, 0) is 58.3 Å². The Hall–Kier alpha value is -0.120. The van der Waals surface area contributed by atoms with Crippen LogP contribution in [0.1, 0.15) is 71.6 Å². The molecule has 21 heavy (non-hydrogen) atoms. The number of piperidine rings is 1. The van der Waals surface area contributed by atoms with E-state index in [-0.39, 0.29) is 5.60 Å². The fourth-order valence-electron chi connectivity index (χ4n) is 4.87. The SMILES string of the molecule is CC(C)N1CCC(O)(C2CCOC3(CCCCC3)C2)CC1. The molecular weight excluding hydrogens is 262 g/mol. The van der Waals surface area contributed by atoms with E-state index >= 15 is 0 Å². The molecule has 0 aromatic carbocycles. The van der Waals surface area contributed by atoms with Gasteiger partial charge in [0.25, 0.3) is 0 Å². The molecule has 0 amide bonds. The van der Waals surface area contributed by atoms with E-state index in [2.05, 4.69) is 18.7 Å². The van der Waals surface area contributed by atoms with Gasteiger partial charge in [0.1, 0.15) is 0 Å². The Morgan fingerprint density at radius 1 is 1.05 bits per heavy atom. The molecule has 3 rings (SSSR count). The minimum Gasteiger partial charge on any atom is -0.389 e. The maximum atomic E-state index is 11.2. The summed E-state index contributed by atoms with van der Waals surface area (Å²) in [7, 11) is 0. The minimum absolute atomic E-state index is 0.117. The molecule has 1 saturated carbocycles. The number of ether oxygens (including phenoxy) is 1. The van der Waals surface area contributed by atoms with Gasteiger partial charge in [0.15, 0.2) is 0 Å². The van der Waals surface area contributed by atoms with Crippen LogP contribution >= 0.6 is 0 Å². The van der Waals surface area contributed by atoms with Crippen LogP contribution in [0.5, 0.6) is 0 Å². The number of hydrogen-bond acceptors (Lipinski definition) is 3. The molecule has 122 valence electrons. The average molecular weight is 295 g/mol. The molecular formula is C18H33NO2. The van der Waals surface area contributed by atoms with Gasteiger partial charge in [-0.3, -0.25) is 0 Å². The Bertz CT molecular complexity index is 336. The number of rotatable bonds is 2. The van der Waals surface area contributed by atoms with Gasteiger partial charge in [-0.25, -0.2) is 0 Å². The molecule has 3 heteroatoms. The van der Waals surface area contributed by atoms with E-state index in [9.17, 15) is 5.11 Å². The molecule has 1 spiro atoms. The first-order valence-electron chi connectivity index (χ1n) is 9.13. The molecule has 3 aliphatic rings. The third-order valence-corrected chi connectivity index (χ3v) is 6.41. The molecule has 1 N–H and O–H groups in total. The van der Waals surface area contributed by atoms with Crippen molar-refractivity contribution < 1.29 is 9.84 Å². The van der Waals surface area contributed by atoms with Crippen LogP contribution in [0.4, 0.5) is 0 Å². The highest BCUT2D eigenvalue weighted by atomic mass is 16.5. The highest BCUT2D eigenvalue weighted by molar-refractivity contribution is 4.99. The molecule has 2 heterocycles. The predicted octanol–water partition coefficient (Wildman–Crippen LogP) is 3.35. The second-order valence-electron chi connectivity index (χ2n) is 8.02. The lowest BCUT2D eigenvalue weighted by Crippen LogP contribution is -2.54.